The number of ether oxygens (including phenoxy) is 1. The normalized spacial score (nSPS) is 15.2. The molecule has 0 saturated heterocycles. The second kappa shape index (κ2) is 9.69. The molecule has 176 valence electrons. The van der Waals surface area contributed by atoms with Gasteiger partial charge in [-0.05, 0) is 51.0 Å². The van der Waals surface area contributed by atoms with Gasteiger partial charge in [-0.15, -0.1) is 0 Å². The lowest BCUT2D eigenvalue weighted by Crippen LogP contribution is -2.41. The van der Waals surface area contributed by atoms with Crippen molar-refractivity contribution in [1.82, 2.24) is 14.8 Å². The van der Waals surface area contributed by atoms with Crippen LogP contribution in [0.25, 0.3) is 0 Å². The molecular formula is C25H26ClN5O3. The van der Waals surface area contributed by atoms with Gasteiger partial charge in [0, 0.05) is 16.4 Å². The van der Waals surface area contributed by atoms with E-state index in [1.165, 1.54) is 6.33 Å². The number of nitrogens with zero attached hydrogens (tertiary/aromatic N) is 4. The number of fused-ring (bicyclic) bond motifs is 1. The first kappa shape index (κ1) is 23.5. The summed E-state index contributed by atoms with van der Waals surface area (Å²) in [6.45, 7) is 7.61. The second-order valence-electron chi connectivity index (χ2n) is 8.13. The van der Waals surface area contributed by atoms with Gasteiger partial charge in [0.1, 0.15) is 18.9 Å². The van der Waals surface area contributed by atoms with E-state index in [0.29, 0.717) is 27.9 Å². The van der Waals surface area contributed by atoms with Crippen LogP contribution in [0.3, 0.4) is 0 Å². The Balaban J connectivity index is 1.73. The zero-order valence-electron chi connectivity index (χ0n) is 19.5. The van der Waals surface area contributed by atoms with Gasteiger partial charge in [-0.2, -0.15) is 10.1 Å². The van der Waals surface area contributed by atoms with Crippen LogP contribution in [-0.2, 0) is 14.3 Å². The van der Waals surface area contributed by atoms with E-state index in [1.807, 2.05) is 44.2 Å². The summed E-state index contributed by atoms with van der Waals surface area (Å²) in [6.07, 6.45) is 1.42. The van der Waals surface area contributed by atoms with E-state index in [1.54, 1.807) is 35.6 Å². The number of carbonyl (C=O) groups excluding carboxylic acids is 2. The third-order valence-corrected chi connectivity index (χ3v) is 6.01. The third-order valence-electron chi connectivity index (χ3n) is 5.77. The minimum absolute atomic E-state index is 0.0694. The average Bonchev–Trinajstić information content (AvgIpc) is 3.28. The Bertz CT molecular complexity index is 1270. The Morgan fingerprint density at radius 2 is 1.85 bits per heavy atom. The van der Waals surface area contributed by atoms with Gasteiger partial charge in [0.25, 0.3) is 0 Å². The molecule has 0 aliphatic carbocycles. The zero-order valence-corrected chi connectivity index (χ0v) is 20.3. The van der Waals surface area contributed by atoms with Crippen molar-refractivity contribution in [2.24, 2.45) is 0 Å². The first-order valence-electron chi connectivity index (χ1n) is 11.0. The maximum Gasteiger partial charge on any atom is 0.338 e. The summed E-state index contributed by atoms with van der Waals surface area (Å²) in [5.41, 5.74) is 4.49. The van der Waals surface area contributed by atoms with E-state index in [2.05, 4.69) is 15.4 Å². The smallest absolute Gasteiger partial charge is 0.338 e. The van der Waals surface area contributed by atoms with Crippen LogP contribution >= 0.6 is 11.6 Å². The Kier molecular flexibility index (Phi) is 6.70. The van der Waals surface area contributed by atoms with Crippen LogP contribution in [0.2, 0.25) is 5.02 Å². The van der Waals surface area contributed by atoms with Crippen molar-refractivity contribution >= 4 is 35.1 Å². The minimum Gasteiger partial charge on any atom is -0.463 e. The molecule has 1 aliphatic rings. The number of rotatable bonds is 6. The number of carbonyl (C=O) groups is 2. The van der Waals surface area contributed by atoms with Crippen molar-refractivity contribution in [3.05, 3.63) is 81.8 Å². The van der Waals surface area contributed by atoms with E-state index in [-0.39, 0.29) is 19.1 Å². The van der Waals surface area contributed by atoms with E-state index in [0.717, 1.165) is 16.7 Å². The number of anilines is 2. The molecule has 0 saturated carbocycles. The fourth-order valence-electron chi connectivity index (χ4n) is 4.01. The van der Waals surface area contributed by atoms with Crippen molar-refractivity contribution in [3.8, 4) is 0 Å². The van der Waals surface area contributed by atoms with E-state index in [4.69, 9.17) is 16.3 Å². The van der Waals surface area contributed by atoms with Gasteiger partial charge in [0.05, 0.1) is 12.2 Å². The number of nitrogens with one attached hydrogen (secondary N) is 1. The molecule has 1 amide bonds. The predicted octanol–water partition coefficient (Wildman–Crippen LogP) is 4.43. The van der Waals surface area contributed by atoms with Crippen molar-refractivity contribution in [2.45, 2.75) is 33.7 Å². The summed E-state index contributed by atoms with van der Waals surface area (Å²) in [5, 5.41) is 7.83. The molecule has 9 heteroatoms. The monoisotopic (exact) mass is 479 g/mol. The number of amides is 1. The highest BCUT2D eigenvalue weighted by Gasteiger charge is 2.38. The molecule has 4 rings (SSSR count). The van der Waals surface area contributed by atoms with Gasteiger partial charge >= 0.3 is 5.97 Å². The van der Waals surface area contributed by atoms with Crippen LogP contribution in [0.15, 0.2) is 60.1 Å². The highest BCUT2D eigenvalue weighted by Crippen LogP contribution is 2.38. The molecule has 1 atom stereocenters. The predicted molar refractivity (Wildman–Crippen MR) is 131 cm³/mol. The zero-order chi connectivity index (χ0) is 24.4. The van der Waals surface area contributed by atoms with Gasteiger partial charge in [-0.1, -0.05) is 47.5 Å². The van der Waals surface area contributed by atoms with Crippen molar-refractivity contribution in [3.63, 3.8) is 0 Å². The lowest BCUT2D eigenvalue weighted by molar-refractivity contribution is -0.139. The number of esters is 1. The standard InChI is InChI=1S/C25H26ClN5O3/c1-5-34-24(33)22-17(4)30(13-21(32)29-20-12-19(26)11-8-16(20)3)25-27-14-28-31(25)23(22)18-9-6-15(2)7-10-18/h6-12,14,23H,5,13H2,1-4H3,(H,29,32)/t23-/m0/s1. The maximum atomic E-state index is 13.1. The molecule has 34 heavy (non-hydrogen) atoms. The third kappa shape index (κ3) is 4.54. The molecule has 2 aromatic carbocycles. The molecule has 1 aliphatic heterocycles. The van der Waals surface area contributed by atoms with Gasteiger partial charge in [0.15, 0.2) is 0 Å². The van der Waals surface area contributed by atoms with Gasteiger partial charge < -0.3 is 15.0 Å². The Labute approximate surface area is 203 Å². The number of benzene rings is 2. The van der Waals surface area contributed by atoms with Crippen LogP contribution in [0, 0.1) is 13.8 Å². The highest BCUT2D eigenvalue weighted by molar-refractivity contribution is 6.31. The Hall–Kier alpha value is -3.65. The number of hydrogen-bond donors (Lipinski definition) is 1. The Morgan fingerprint density at radius 3 is 2.56 bits per heavy atom. The largest absolute Gasteiger partial charge is 0.463 e. The fourth-order valence-corrected chi connectivity index (χ4v) is 4.18. The van der Waals surface area contributed by atoms with Crippen LogP contribution in [0.5, 0.6) is 0 Å². The van der Waals surface area contributed by atoms with Gasteiger partial charge in [-0.3, -0.25) is 4.79 Å². The van der Waals surface area contributed by atoms with Crippen LogP contribution in [-0.4, -0.2) is 39.8 Å². The first-order chi connectivity index (χ1) is 16.3. The summed E-state index contributed by atoms with van der Waals surface area (Å²) in [4.78, 5) is 32.2. The topological polar surface area (TPSA) is 89.3 Å². The molecule has 1 aromatic heterocycles. The molecule has 0 unspecified atom stereocenters. The molecule has 3 aromatic rings. The summed E-state index contributed by atoms with van der Waals surface area (Å²) in [5.74, 6) is -0.270. The summed E-state index contributed by atoms with van der Waals surface area (Å²) < 4.78 is 7.05. The molecule has 0 spiro atoms. The highest BCUT2D eigenvalue weighted by atomic mass is 35.5. The van der Waals surface area contributed by atoms with E-state index >= 15 is 0 Å². The average molecular weight is 480 g/mol. The van der Waals surface area contributed by atoms with Crippen LogP contribution in [0.4, 0.5) is 11.6 Å². The van der Waals surface area contributed by atoms with E-state index < -0.39 is 12.0 Å². The summed E-state index contributed by atoms with van der Waals surface area (Å²) >= 11 is 6.09. The van der Waals surface area contributed by atoms with Crippen LogP contribution < -0.4 is 10.2 Å². The van der Waals surface area contributed by atoms with Crippen molar-refractivity contribution in [2.75, 3.05) is 23.4 Å². The molecule has 8 nitrogen and oxygen atoms in total. The lowest BCUT2D eigenvalue weighted by atomic mass is 9.94. The number of allylic oxidation sites excluding steroid dienone is 1. The minimum atomic E-state index is -0.522. The van der Waals surface area contributed by atoms with Gasteiger partial charge in [-0.25, -0.2) is 9.48 Å². The molecule has 0 bridgehead atoms. The maximum absolute atomic E-state index is 13.1. The first-order valence-corrected chi connectivity index (χ1v) is 11.4. The number of aryl methyl sites for hydroxylation is 2. The van der Waals surface area contributed by atoms with Crippen molar-refractivity contribution < 1.29 is 14.3 Å². The summed E-state index contributed by atoms with van der Waals surface area (Å²) in [7, 11) is 0. The number of aromatic nitrogens is 3. The molecule has 2 heterocycles. The quantitative estimate of drug-likeness (QED) is 0.526. The fraction of sp³-hybridized carbons (Fsp3) is 0.280. The van der Waals surface area contributed by atoms with Crippen LogP contribution in [0.1, 0.15) is 36.6 Å². The van der Waals surface area contributed by atoms with E-state index in [9.17, 15) is 9.59 Å². The second-order valence-corrected chi connectivity index (χ2v) is 8.57. The molecular weight excluding hydrogens is 454 g/mol. The lowest BCUT2D eigenvalue weighted by Gasteiger charge is -2.35. The molecule has 1 N–H and O–H groups in total. The summed E-state index contributed by atoms with van der Waals surface area (Å²) in [6, 6.07) is 12.7. The Morgan fingerprint density at radius 1 is 1.12 bits per heavy atom. The molecule has 0 radical (unpaired) electrons. The SMILES string of the molecule is CCOC(=O)C1=C(C)N(CC(=O)Nc2cc(Cl)ccc2C)c2ncnn2[C@H]1c1ccc(C)cc1. The number of halogens is 1. The van der Waals surface area contributed by atoms with Crippen molar-refractivity contribution in [1.29, 1.82) is 0 Å². The van der Waals surface area contributed by atoms with Gasteiger partial charge in [0.2, 0.25) is 11.9 Å². The molecule has 0 fully saturated rings. The number of hydrogen-bond acceptors (Lipinski definition) is 6.